The van der Waals surface area contributed by atoms with Crippen molar-refractivity contribution in [3.05, 3.63) is 64.3 Å². The number of para-hydroxylation sites is 1. The van der Waals surface area contributed by atoms with Crippen LogP contribution in [0, 0.1) is 0 Å². The van der Waals surface area contributed by atoms with Crippen molar-refractivity contribution >= 4 is 45.7 Å². The molecule has 0 bridgehead atoms. The van der Waals surface area contributed by atoms with E-state index in [2.05, 4.69) is 10.3 Å². The highest BCUT2D eigenvalue weighted by molar-refractivity contribution is 6.34. The van der Waals surface area contributed by atoms with Crippen LogP contribution in [0.5, 0.6) is 0 Å². The van der Waals surface area contributed by atoms with Gasteiger partial charge >= 0.3 is 0 Å². The lowest BCUT2D eigenvalue weighted by Crippen LogP contribution is -2.27. The van der Waals surface area contributed by atoms with Crippen LogP contribution in [0.4, 0.5) is 5.69 Å². The summed E-state index contributed by atoms with van der Waals surface area (Å²) in [6, 6.07) is 13.0. The summed E-state index contributed by atoms with van der Waals surface area (Å²) in [7, 11) is 0. The summed E-state index contributed by atoms with van der Waals surface area (Å²) >= 11 is 12.3. The van der Waals surface area contributed by atoms with Gasteiger partial charge in [0.25, 0.3) is 0 Å². The van der Waals surface area contributed by atoms with Gasteiger partial charge in [0.05, 0.1) is 16.1 Å². The van der Waals surface area contributed by atoms with E-state index >= 15 is 0 Å². The van der Waals surface area contributed by atoms with Crippen LogP contribution in [-0.2, 0) is 10.2 Å². The number of anilines is 1. The third kappa shape index (κ3) is 2.41. The number of hydrogen-bond donors (Lipinski definition) is 2. The summed E-state index contributed by atoms with van der Waals surface area (Å²) in [6.45, 7) is 0. The number of halogens is 2. The monoisotopic (exact) mass is 344 g/mol. The number of rotatable bonds is 3. The van der Waals surface area contributed by atoms with E-state index in [4.69, 9.17) is 23.2 Å². The first-order chi connectivity index (χ1) is 11.1. The predicted molar refractivity (Wildman–Crippen MR) is 94.3 cm³/mol. The molecule has 2 N–H and O–H groups in total. The normalized spacial score (nSPS) is 15.6. The maximum Gasteiger partial charge on any atom is 0.235 e. The summed E-state index contributed by atoms with van der Waals surface area (Å²) in [6.07, 6.45) is 3.56. The van der Waals surface area contributed by atoms with Gasteiger partial charge in [-0.25, -0.2) is 0 Å². The molecule has 23 heavy (non-hydrogen) atoms. The number of benzene rings is 2. The van der Waals surface area contributed by atoms with Crippen molar-refractivity contribution in [3.8, 4) is 0 Å². The molecular formula is C18H14Cl2N2O. The Morgan fingerprint density at radius 3 is 2.65 bits per heavy atom. The second kappa shape index (κ2) is 5.29. The second-order valence-electron chi connectivity index (χ2n) is 5.91. The number of H-pyrrole nitrogens is 1. The fraction of sp³-hybridized carbons (Fsp3) is 0.167. The third-order valence-corrected chi connectivity index (χ3v) is 5.03. The zero-order chi connectivity index (χ0) is 16.0. The van der Waals surface area contributed by atoms with Gasteiger partial charge < -0.3 is 10.3 Å². The molecule has 1 fully saturated rings. The Morgan fingerprint density at radius 2 is 1.91 bits per heavy atom. The van der Waals surface area contributed by atoms with Gasteiger partial charge in [-0.3, -0.25) is 4.79 Å². The first-order valence-corrected chi connectivity index (χ1v) is 8.19. The molecule has 0 unspecified atom stereocenters. The van der Waals surface area contributed by atoms with Gasteiger partial charge in [-0.1, -0.05) is 35.3 Å². The number of fused-ring (bicyclic) bond motifs is 1. The first-order valence-electron chi connectivity index (χ1n) is 7.43. The molecule has 1 saturated carbocycles. The van der Waals surface area contributed by atoms with Gasteiger partial charge in [0.1, 0.15) is 0 Å². The highest BCUT2D eigenvalue weighted by atomic mass is 35.5. The minimum Gasteiger partial charge on any atom is -0.361 e. The number of aromatic nitrogens is 1. The van der Waals surface area contributed by atoms with E-state index in [1.54, 1.807) is 6.07 Å². The Hall–Kier alpha value is -1.97. The zero-order valence-electron chi connectivity index (χ0n) is 12.2. The molecular weight excluding hydrogens is 331 g/mol. The molecule has 1 amide bonds. The summed E-state index contributed by atoms with van der Waals surface area (Å²) in [5.41, 5.74) is 2.13. The molecule has 1 aliphatic rings. The van der Waals surface area contributed by atoms with Crippen molar-refractivity contribution in [2.45, 2.75) is 18.3 Å². The lowest BCUT2D eigenvalue weighted by molar-refractivity contribution is -0.118. The molecule has 0 saturated heterocycles. The minimum absolute atomic E-state index is 0.0218. The Labute approximate surface area is 143 Å². The molecule has 1 heterocycles. The highest BCUT2D eigenvalue weighted by Gasteiger charge is 2.52. The van der Waals surface area contributed by atoms with E-state index in [0.29, 0.717) is 15.7 Å². The molecule has 0 spiro atoms. The Kier molecular flexibility index (Phi) is 3.36. The quantitative estimate of drug-likeness (QED) is 0.678. The molecule has 116 valence electrons. The van der Waals surface area contributed by atoms with Crippen LogP contribution < -0.4 is 5.32 Å². The van der Waals surface area contributed by atoms with E-state index < -0.39 is 5.41 Å². The minimum atomic E-state index is -0.498. The van der Waals surface area contributed by atoms with Crippen LogP contribution in [-0.4, -0.2) is 10.9 Å². The van der Waals surface area contributed by atoms with Crippen molar-refractivity contribution in [1.29, 1.82) is 0 Å². The largest absolute Gasteiger partial charge is 0.361 e. The topological polar surface area (TPSA) is 44.9 Å². The molecule has 0 radical (unpaired) electrons. The molecule has 3 nitrogen and oxygen atoms in total. The molecule has 1 aromatic heterocycles. The maximum absolute atomic E-state index is 12.9. The van der Waals surface area contributed by atoms with E-state index in [1.807, 2.05) is 42.6 Å². The summed E-state index contributed by atoms with van der Waals surface area (Å²) < 4.78 is 0. The van der Waals surface area contributed by atoms with Gasteiger partial charge in [0.15, 0.2) is 0 Å². The lowest BCUT2D eigenvalue weighted by Gasteiger charge is -2.15. The molecule has 3 aromatic rings. The predicted octanol–water partition coefficient (Wildman–Crippen LogP) is 5.15. The average Bonchev–Trinajstić information content (AvgIpc) is 3.24. The van der Waals surface area contributed by atoms with Crippen LogP contribution in [0.25, 0.3) is 10.9 Å². The summed E-state index contributed by atoms with van der Waals surface area (Å²) in [5.74, 6) is -0.0218. The number of aromatic amines is 1. The highest BCUT2D eigenvalue weighted by Crippen LogP contribution is 2.51. The number of nitrogens with one attached hydrogen (secondary N) is 2. The summed E-state index contributed by atoms with van der Waals surface area (Å²) in [4.78, 5) is 16.1. The van der Waals surface area contributed by atoms with E-state index in [-0.39, 0.29) is 5.91 Å². The zero-order valence-corrected chi connectivity index (χ0v) is 13.7. The molecule has 0 atom stereocenters. The molecule has 4 rings (SSSR count). The SMILES string of the molecule is O=C(Nc1ccccc1Cl)C1(c2c[nH]c3ccc(Cl)cc23)CC1. The Bertz CT molecular complexity index is 912. The van der Waals surface area contributed by atoms with Crippen molar-refractivity contribution < 1.29 is 4.79 Å². The molecule has 1 aliphatic carbocycles. The third-order valence-electron chi connectivity index (χ3n) is 4.47. The maximum atomic E-state index is 12.9. The molecule has 2 aromatic carbocycles. The van der Waals surface area contributed by atoms with Gasteiger partial charge in [0, 0.05) is 22.1 Å². The second-order valence-corrected chi connectivity index (χ2v) is 6.75. The van der Waals surface area contributed by atoms with Crippen molar-refractivity contribution in [3.63, 3.8) is 0 Å². The Morgan fingerprint density at radius 1 is 1.13 bits per heavy atom. The van der Waals surface area contributed by atoms with Crippen molar-refractivity contribution in [2.75, 3.05) is 5.32 Å². The van der Waals surface area contributed by atoms with Gasteiger partial charge in [0.2, 0.25) is 5.91 Å². The number of carbonyl (C=O) groups excluding carboxylic acids is 1. The fourth-order valence-electron chi connectivity index (χ4n) is 3.04. The van der Waals surface area contributed by atoms with Gasteiger partial charge in [-0.15, -0.1) is 0 Å². The average molecular weight is 345 g/mol. The van der Waals surface area contributed by atoms with Crippen LogP contribution in [0.2, 0.25) is 10.0 Å². The van der Waals surface area contributed by atoms with Crippen LogP contribution in [0.1, 0.15) is 18.4 Å². The number of carbonyl (C=O) groups is 1. The Balaban J connectivity index is 1.71. The first kappa shape index (κ1) is 14.6. The van der Waals surface area contributed by atoms with Crippen molar-refractivity contribution in [2.24, 2.45) is 0 Å². The van der Waals surface area contributed by atoms with E-state index in [9.17, 15) is 4.79 Å². The number of hydrogen-bond acceptors (Lipinski definition) is 1. The molecule has 5 heteroatoms. The number of amides is 1. The smallest absolute Gasteiger partial charge is 0.235 e. The van der Waals surface area contributed by atoms with E-state index in [0.717, 1.165) is 29.3 Å². The van der Waals surface area contributed by atoms with Crippen LogP contribution in [0.3, 0.4) is 0 Å². The van der Waals surface area contributed by atoms with Gasteiger partial charge in [-0.05, 0) is 48.7 Å². The lowest BCUT2D eigenvalue weighted by atomic mass is 9.94. The fourth-order valence-corrected chi connectivity index (χ4v) is 3.39. The standard InChI is InChI=1S/C18H14Cl2N2O/c19-11-5-6-15-12(9-11)13(10-21-15)18(7-8-18)17(23)22-16-4-2-1-3-14(16)20/h1-6,9-10,21H,7-8H2,(H,22,23). The van der Waals surface area contributed by atoms with Crippen LogP contribution >= 0.6 is 23.2 Å². The van der Waals surface area contributed by atoms with Crippen LogP contribution in [0.15, 0.2) is 48.7 Å². The summed E-state index contributed by atoms with van der Waals surface area (Å²) in [5, 5.41) is 5.17. The van der Waals surface area contributed by atoms with Crippen molar-refractivity contribution in [1.82, 2.24) is 4.98 Å². The molecule has 0 aliphatic heterocycles. The van der Waals surface area contributed by atoms with E-state index in [1.165, 1.54) is 0 Å². The van der Waals surface area contributed by atoms with Gasteiger partial charge in [-0.2, -0.15) is 0 Å².